The van der Waals surface area contributed by atoms with Gasteiger partial charge in [0.25, 0.3) is 0 Å². The zero-order valence-corrected chi connectivity index (χ0v) is 17.4. The lowest BCUT2D eigenvalue weighted by molar-refractivity contribution is -0.121. The summed E-state index contributed by atoms with van der Waals surface area (Å²) in [4.78, 5) is 28.5. The third kappa shape index (κ3) is 22.8. The van der Waals surface area contributed by atoms with Crippen molar-refractivity contribution in [1.29, 1.82) is 0 Å². The van der Waals surface area contributed by atoms with Crippen molar-refractivity contribution in [1.82, 2.24) is 5.32 Å². The summed E-state index contributed by atoms with van der Waals surface area (Å²) in [6.45, 7) is 2.06. The minimum absolute atomic E-state index is 0.106. The van der Waals surface area contributed by atoms with Gasteiger partial charge in [-0.25, -0.2) is 4.57 Å². The molecule has 6 nitrogen and oxygen atoms in total. The molecule has 0 bridgehead atoms. The van der Waals surface area contributed by atoms with E-state index in [1.54, 1.807) is 0 Å². The van der Waals surface area contributed by atoms with Crippen molar-refractivity contribution in [2.75, 3.05) is 13.2 Å². The Morgan fingerprint density at radius 1 is 0.926 bits per heavy atom. The molecule has 1 amide bonds. The van der Waals surface area contributed by atoms with E-state index in [0.717, 1.165) is 44.9 Å². The van der Waals surface area contributed by atoms with Crippen LogP contribution >= 0.6 is 7.82 Å². The standard InChI is InChI=1S/C20H36NO5P/c1-2-3-4-5-6-7-8-9-10-11-12-13-14-15-16-17-20(22)21-18-19-26-27(23,24)25/h3-4,6-7,9-10H,2,5,8,11-19H2,1H3,(H,21,22)(H2,23,24,25). The second-order valence-corrected chi connectivity index (χ2v) is 7.51. The van der Waals surface area contributed by atoms with Gasteiger partial charge in [-0.2, -0.15) is 0 Å². The summed E-state index contributed by atoms with van der Waals surface area (Å²) in [5, 5.41) is 2.58. The summed E-state index contributed by atoms with van der Waals surface area (Å²) in [6.07, 6.45) is 23.1. The molecule has 0 aromatic heterocycles. The van der Waals surface area contributed by atoms with Crippen molar-refractivity contribution >= 4 is 13.7 Å². The summed E-state index contributed by atoms with van der Waals surface area (Å²) >= 11 is 0. The number of amides is 1. The van der Waals surface area contributed by atoms with Gasteiger partial charge in [0, 0.05) is 13.0 Å². The average molecular weight is 401 g/mol. The molecule has 0 radical (unpaired) electrons. The first-order chi connectivity index (χ1) is 13.0. The molecule has 0 saturated heterocycles. The fourth-order valence-corrected chi connectivity index (χ4v) is 2.68. The lowest BCUT2D eigenvalue weighted by Crippen LogP contribution is -2.26. The van der Waals surface area contributed by atoms with Crippen LogP contribution in [0.25, 0.3) is 0 Å². The molecule has 0 aliphatic carbocycles. The summed E-state index contributed by atoms with van der Waals surface area (Å²) in [5.41, 5.74) is 0. The predicted octanol–water partition coefficient (Wildman–Crippen LogP) is 4.80. The Hall–Kier alpha value is -1.20. The maximum Gasteiger partial charge on any atom is 0.469 e. The fraction of sp³-hybridized carbons (Fsp3) is 0.650. The predicted molar refractivity (Wildman–Crippen MR) is 110 cm³/mol. The molecule has 7 heteroatoms. The van der Waals surface area contributed by atoms with Crippen LogP contribution in [0.15, 0.2) is 36.5 Å². The van der Waals surface area contributed by atoms with E-state index in [1.807, 2.05) is 0 Å². The van der Waals surface area contributed by atoms with Crippen molar-refractivity contribution in [3.8, 4) is 0 Å². The third-order valence-electron chi connectivity index (χ3n) is 3.74. The molecule has 156 valence electrons. The molecular weight excluding hydrogens is 365 g/mol. The molecular formula is C20H36NO5P. The van der Waals surface area contributed by atoms with Crippen LogP contribution in [0.2, 0.25) is 0 Å². The zero-order valence-electron chi connectivity index (χ0n) is 16.5. The molecule has 0 aliphatic heterocycles. The lowest BCUT2D eigenvalue weighted by atomic mass is 10.1. The van der Waals surface area contributed by atoms with Gasteiger partial charge in [-0.05, 0) is 38.5 Å². The van der Waals surface area contributed by atoms with E-state index < -0.39 is 7.82 Å². The maximum absolute atomic E-state index is 11.5. The van der Waals surface area contributed by atoms with Gasteiger partial charge in [-0.3, -0.25) is 9.32 Å². The normalized spacial score (nSPS) is 12.6. The summed E-state index contributed by atoms with van der Waals surface area (Å²) in [7, 11) is -4.44. The van der Waals surface area contributed by atoms with E-state index in [4.69, 9.17) is 9.79 Å². The number of nitrogens with one attached hydrogen (secondary N) is 1. The maximum atomic E-state index is 11.5. The van der Waals surface area contributed by atoms with Crippen LogP contribution in [-0.4, -0.2) is 28.8 Å². The Balaban J connectivity index is 3.37. The number of carbonyl (C=O) groups excluding carboxylic acids is 1. The average Bonchev–Trinajstić information content (AvgIpc) is 2.61. The van der Waals surface area contributed by atoms with Crippen LogP contribution in [0.3, 0.4) is 0 Å². The van der Waals surface area contributed by atoms with E-state index in [1.165, 1.54) is 12.8 Å². The number of unbranched alkanes of at least 4 members (excludes halogenated alkanes) is 5. The molecule has 0 aromatic carbocycles. The van der Waals surface area contributed by atoms with E-state index in [-0.39, 0.29) is 19.1 Å². The summed E-state index contributed by atoms with van der Waals surface area (Å²) in [6, 6.07) is 0. The summed E-state index contributed by atoms with van der Waals surface area (Å²) < 4.78 is 14.7. The molecule has 0 aliphatic rings. The van der Waals surface area contributed by atoms with Gasteiger partial charge >= 0.3 is 7.82 Å². The van der Waals surface area contributed by atoms with Crippen molar-refractivity contribution in [2.24, 2.45) is 0 Å². The zero-order chi connectivity index (χ0) is 20.2. The number of rotatable bonds is 17. The molecule has 0 rings (SSSR count). The van der Waals surface area contributed by atoms with Crippen molar-refractivity contribution in [2.45, 2.75) is 71.1 Å². The van der Waals surface area contributed by atoms with Crippen LogP contribution in [0.5, 0.6) is 0 Å². The van der Waals surface area contributed by atoms with Crippen LogP contribution < -0.4 is 5.32 Å². The summed E-state index contributed by atoms with van der Waals surface area (Å²) in [5.74, 6) is -0.106. The van der Waals surface area contributed by atoms with Crippen LogP contribution in [0.1, 0.15) is 71.1 Å². The highest BCUT2D eigenvalue weighted by molar-refractivity contribution is 7.46. The highest BCUT2D eigenvalue weighted by atomic mass is 31.2. The fourth-order valence-electron chi connectivity index (χ4n) is 2.35. The quantitative estimate of drug-likeness (QED) is 0.185. The molecule has 0 atom stereocenters. The van der Waals surface area contributed by atoms with E-state index in [2.05, 4.69) is 53.2 Å². The first-order valence-electron chi connectivity index (χ1n) is 9.87. The van der Waals surface area contributed by atoms with Gasteiger partial charge in [0.05, 0.1) is 6.61 Å². The first-order valence-corrected chi connectivity index (χ1v) is 11.4. The molecule has 0 fully saturated rings. The van der Waals surface area contributed by atoms with Crippen molar-refractivity contribution < 1.29 is 23.7 Å². The molecule has 0 heterocycles. The highest BCUT2D eigenvalue weighted by Crippen LogP contribution is 2.35. The number of hydrogen-bond donors (Lipinski definition) is 3. The lowest BCUT2D eigenvalue weighted by Gasteiger charge is -2.07. The van der Waals surface area contributed by atoms with Crippen LogP contribution in [-0.2, 0) is 13.9 Å². The number of phosphoric acid groups is 1. The minimum atomic E-state index is -4.44. The Bertz CT molecular complexity index is 497. The topological polar surface area (TPSA) is 95.9 Å². The Kier molecular flexibility index (Phi) is 17.4. The van der Waals surface area contributed by atoms with E-state index in [0.29, 0.717) is 6.42 Å². The van der Waals surface area contributed by atoms with Gasteiger partial charge in [-0.15, -0.1) is 0 Å². The number of carbonyl (C=O) groups is 1. The van der Waals surface area contributed by atoms with Crippen molar-refractivity contribution in [3.63, 3.8) is 0 Å². The minimum Gasteiger partial charge on any atom is -0.354 e. The molecule has 27 heavy (non-hydrogen) atoms. The Morgan fingerprint density at radius 2 is 1.52 bits per heavy atom. The van der Waals surface area contributed by atoms with E-state index >= 15 is 0 Å². The molecule has 0 unspecified atom stereocenters. The van der Waals surface area contributed by atoms with Gasteiger partial charge in [0.2, 0.25) is 5.91 Å². The molecule has 3 N–H and O–H groups in total. The van der Waals surface area contributed by atoms with Crippen LogP contribution in [0, 0.1) is 0 Å². The Morgan fingerprint density at radius 3 is 2.19 bits per heavy atom. The molecule has 0 saturated carbocycles. The van der Waals surface area contributed by atoms with Crippen molar-refractivity contribution in [3.05, 3.63) is 36.5 Å². The van der Waals surface area contributed by atoms with Gasteiger partial charge < -0.3 is 15.1 Å². The smallest absolute Gasteiger partial charge is 0.354 e. The largest absolute Gasteiger partial charge is 0.469 e. The number of allylic oxidation sites excluding steroid dienone is 6. The third-order valence-corrected chi connectivity index (χ3v) is 4.26. The van der Waals surface area contributed by atoms with Gasteiger partial charge in [0.1, 0.15) is 0 Å². The SMILES string of the molecule is CCC=CCC=CCC=CCCCCCCCC(=O)NCCOP(=O)(O)O. The second-order valence-electron chi connectivity index (χ2n) is 6.27. The van der Waals surface area contributed by atoms with Gasteiger partial charge in [-0.1, -0.05) is 62.6 Å². The van der Waals surface area contributed by atoms with Gasteiger partial charge in [0.15, 0.2) is 0 Å². The molecule has 0 spiro atoms. The van der Waals surface area contributed by atoms with E-state index in [9.17, 15) is 9.36 Å². The highest BCUT2D eigenvalue weighted by Gasteiger charge is 2.12. The monoisotopic (exact) mass is 401 g/mol. The molecule has 0 aromatic rings. The second kappa shape index (κ2) is 18.2. The first kappa shape index (κ1) is 25.8. The van der Waals surface area contributed by atoms with Crippen LogP contribution in [0.4, 0.5) is 0 Å². The Labute approximate surface area is 164 Å². The number of hydrogen-bond acceptors (Lipinski definition) is 3. The number of phosphoric ester groups is 1.